The van der Waals surface area contributed by atoms with Crippen LogP contribution in [0.1, 0.15) is 31.9 Å². The Bertz CT molecular complexity index is 834. The number of benzene rings is 2. The van der Waals surface area contributed by atoms with Gasteiger partial charge in [0.15, 0.2) is 17.5 Å². The van der Waals surface area contributed by atoms with E-state index in [1.807, 2.05) is 63.2 Å². The van der Waals surface area contributed by atoms with Crippen LogP contribution >= 0.6 is 24.0 Å². The number of guanidine groups is 1. The molecule has 0 bridgehead atoms. The van der Waals surface area contributed by atoms with Crippen LogP contribution in [0.15, 0.2) is 53.5 Å². The number of nitrogens with zero attached hydrogens (tertiary/aromatic N) is 1. The van der Waals surface area contributed by atoms with Crippen molar-refractivity contribution in [3.8, 4) is 11.5 Å². The normalized spacial score (nSPS) is 11.9. The lowest BCUT2D eigenvalue weighted by Crippen LogP contribution is -2.38. The SMILES string of the molecule is CCNC(=NCCS(=O)Cc1ccccc1)NCCc1ccc(OCC)c(OCC)c1.I. The van der Waals surface area contributed by atoms with E-state index in [-0.39, 0.29) is 24.0 Å². The molecule has 0 spiro atoms. The van der Waals surface area contributed by atoms with Gasteiger partial charge in [0.05, 0.1) is 19.8 Å². The monoisotopic (exact) mass is 573 g/mol. The summed E-state index contributed by atoms with van der Waals surface area (Å²) in [5, 5.41) is 6.60. The minimum Gasteiger partial charge on any atom is -0.490 e. The molecule has 0 heterocycles. The fourth-order valence-electron chi connectivity index (χ4n) is 3.01. The van der Waals surface area contributed by atoms with E-state index in [2.05, 4.69) is 21.7 Å². The van der Waals surface area contributed by atoms with E-state index in [9.17, 15) is 4.21 Å². The van der Waals surface area contributed by atoms with Gasteiger partial charge < -0.3 is 20.1 Å². The van der Waals surface area contributed by atoms with Crippen molar-refractivity contribution < 1.29 is 13.7 Å². The number of nitrogens with one attached hydrogen (secondary N) is 2. The highest BCUT2D eigenvalue weighted by atomic mass is 127. The first kappa shape index (κ1) is 28.2. The molecule has 0 aliphatic heterocycles. The average Bonchev–Trinajstić information content (AvgIpc) is 2.76. The molecule has 0 aliphatic carbocycles. The van der Waals surface area contributed by atoms with Crippen molar-refractivity contribution in [1.82, 2.24) is 10.6 Å². The molecular formula is C24H36IN3O3S. The molecule has 0 aromatic heterocycles. The number of hydrogen-bond donors (Lipinski definition) is 2. The molecule has 0 fully saturated rings. The van der Waals surface area contributed by atoms with Gasteiger partial charge in [0.1, 0.15) is 0 Å². The third kappa shape index (κ3) is 10.7. The molecule has 0 saturated heterocycles. The maximum atomic E-state index is 12.3. The minimum atomic E-state index is -0.924. The lowest BCUT2D eigenvalue weighted by Gasteiger charge is -2.14. The third-order valence-corrected chi connectivity index (χ3v) is 5.71. The minimum absolute atomic E-state index is 0. The van der Waals surface area contributed by atoms with Gasteiger partial charge in [-0.15, -0.1) is 24.0 Å². The van der Waals surface area contributed by atoms with Crippen molar-refractivity contribution in [1.29, 1.82) is 0 Å². The van der Waals surface area contributed by atoms with Crippen LogP contribution in [-0.4, -0.2) is 48.8 Å². The summed E-state index contributed by atoms with van der Waals surface area (Å²) in [6.07, 6.45) is 0.830. The van der Waals surface area contributed by atoms with Gasteiger partial charge in [0.2, 0.25) is 0 Å². The maximum absolute atomic E-state index is 12.3. The van der Waals surface area contributed by atoms with Gasteiger partial charge in [0, 0.05) is 35.4 Å². The number of hydrogen-bond acceptors (Lipinski definition) is 4. The molecule has 1 unspecified atom stereocenters. The van der Waals surface area contributed by atoms with E-state index in [0.717, 1.165) is 42.5 Å². The maximum Gasteiger partial charge on any atom is 0.191 e. The van der Waals surface area contributed by atoms with Crippen LogP contribution < -0.4 is 20.1 Å². The van der Waals surface area contributed by atoms with Crippen molar-refractivity contribution in [3.63, 3.8) is 0 Å². The Morgan fingerprint density at radius 3 is 2.34 bits per heavy atom. The molecule has 8 heteroatoms. The van der Waals surface area contributed by atoms with Crippen LogP contribution in [0, 0.1) is 0 Å². The summed E-state index contributed by atoms with van der Waals surface area (Å²) < 4.78 is 23.6. The largest absolute Gasteiger partial charge is 0.490 e. The first-order chi connectivity index (χ1) is 15.2. The van der Waals surface area contributed by atoms with E-state index in [4.69, 9.17) is 9.47 Å². The van der Waals surface area contributed by atoms with Gasteiger partial charge >= 0.3 is 0 Å². The van der Waals surface area contributed by atoms with Gasteiger partial charge in [0.25, 0.3) is 0 Å². The molecule has 0 aliphatic rings. The number of aliphatic imine (C=N–C) groups is 1. The molecular weight excluding hydrogens is 537 g/mol. The van der Waals surface area contributed by atoms with E-state index < -0.39 is 10.8 Å². The molecule has 6 nitrogen and oxygen atoms in total. The molecule has 0 saturated carbocycles. The molecule has 0 amide bonds. The summed E-state index contributed by atoms with van der Waals surface area (Å²) in [6.45, 7) is 9.21. The fourth-order valence-corrected chi connectivity index (χ4v) is 4.01. The highest BCUT2D eigenvalue weighted by Gasteiger charge is 2.07. The molecule has 32 heavy (non-hydrogen) atoms. The molecule has 178 valence electrons. The zero-order valence-corrected chi connectivity index (χ0v) is 22.4. The van der Waals surface area contributed by atoms with E-state index in [1.54, 1.807) is 0 Å². The van der Waals surface area contributed by atoms with Crippen molar-refractivity contribution in [3.05, 3.63) is 59.7 Å². The van der Waals surface area contributed by atoms with Crippen LogP contribution in [0.3, 0.4) is 0 Å². The lowest BCUT2D eigenvalue weighted by atomic mass is 10.1. The zero-order chi connectivity index (χ0) is 22.3. The van der Waals surface area contributed by atoms with Crippen molar-refractivity contribution >= 4 is 40.7 Å². The second-order valence-electron chi connectivity index (χ2n) is 6.86. The summed E-state index contributed by atoms with van der Waals surface area (Å²) in [5.41, 5.74) is 2.26. The van der Waals surface area contributed by atoms with Gasteiger partial charge in [-0.05, 0) is 50.5 Å². The summed E-state index contributed by atoms with van der Waals surface area (Å²) in [5.74, 6) is 3.42. The first-order valence-corrected chi connectivity index (χ1v) is 12.4. The Morgan fingerprint density at radius 2 is 1.66 bits per heavy atom. The predicted octanol–water partition coefficient (Wildman–Crippen LogP) is 4.15. The quantitative estimate of drug-likeness (QED) is 0.214. The van der Waals surface area contributed by atoms with Gasteiger partial charge in [-0.1, -0.05) is 36.4 Å². The summed E-state index contributed by atoms with van der Waals surface area (Å²) in [4.78, 5) is 4.57. The van der Waals surface area contributed by atoms with Crippen LogP contribution in [0.5, 0.6) is 11.5 Å². The van der Waals surface area contributed by atoms with Crippen molar-refractivity contribution in [2.75, 3.05) is 38.6 Å². The Kier molecular flexibility index (Phi) is 14.8. The third-order valence-electron chi connectivity index (χ3n) is 4.42. The predicted molar refractivity (Wildman–Crippen MR) is 145 cm³/mol. The van der Waals surface area contributed by atoms with Crippen molar-refractivity contribution in [2.24, 2.45) is 4.99 Å². The zero-order valence-electron chi connectivity index (χ0n) is 19.3. The van der Waals surface area contributed by atoms with Gasteiger partial charge in [-0.25, -0.2) is 0 Å². The van der Waals surface area contributed by atoms with Crippen LogP contribution in [0.25, 0.3) is 0 Å². The van der Waals surface area contributed by atoms with E-state index >= 15 is 0 Å². The number of ether oxygens (including phenoxy) is 2. The van der Waals surface area contributed by atoms with Crippen molar-refractivity contribution in [2.45, 2.75) is 32.9 Å². The van der Waals surface area contributed by atoms with Gasteiger partial charge in [-0.3, -0.25) is 9.20 Å². The topological polar surface area (TPSA) is 72.0 Å². The molecule has 1 atom stereocenters. The van der Waals surface area contributed by atoms with E-state index in [0.29, 0.717) is 31.3 Å². The fraction of sp³-hybridized carbons (Fsp3) is 0.458. The van der Waals surface area contributed by atoms with Crippen LogP contribution in [-0.2, 0) is 23.0 Å². The van der Waals surface area contributed by atoms with E-state index in [1.165, 1.54) is 5.56 Å². The second-order valence-corrected chi connectivity index (χ2v) is 8.44. The highest BCUT2D eigenvalue weighted by Crippen LogP contribution is 2.28. The lowest BCUT2D eigenvalue weighted by molar-refractivity contribution is 0.287. The summed E-state index contributed by atoms with van der Waals surface area (Å²) >= 11 is 0. The molecule has 2 aromatic carbocycles. The Morgan fingerprint density at radius 1 is 0.938 bits per heavy atom. The standard InChI is InChI=1S/C24H35N3O3S.HI/c1-4-25-24(27-16-17-31(28)19-21-10-8-7-9-11-21)26-15-14-20-12-13-22(29-5-2)23(18-20)30-6-3;/h7-13,18H,4-6,14-17,19H2,1-3H3,(H2,25,26,27);1H. The average molecular weight is 574 g/mol. The summed E-state index contributed by atoms with van der Waals surface area (Å²) in [6, 6.07) is 16.0. The Balaban J connectivity index is 0.00000512. The first-order valence-electron chi connectivity index (χ1n) is 11.0. The van der Waals surface area contributed by atoms with Crippen LogP contribution in [0.4, 0.5) is 0 Å². The molecule has 2 rings (SSSR count). The number of rotatable bonds is 13. The van der Waals surface area contributed by atoms with Crippen LogP contribution in [0.2, 0.25) is 0 Å². The van der Waals surface area contributed by atoms with Gasteiger partial charge in [-0.2, -0.15) is 0 Å². The number of halogens is 1. The Labute approximate surface area is 212 Å². The second kappa shape index (κ2) is 16.8. The Hall–Kier alpha value is -1.81. The highest BCUT2D eigenvalue weighted by molar-refractivity contribution is 14.0. The molecule has 2 aromatic rings. The molecule has 2 N–H and O–H groups in total. The smallest absolute Gasteiger partial charge is 0.191 e. The molecule has 0 radical (unpaired) electrons. The summed E-state index contributed by atoms with van der Waals surface area (Å²) in [7, 11) is -0.924.